The van der Waals surface area contributed by atoms with E-state index in [0.29, 0.717) is 0 Å². The molecule has 2 aliphatic rings. The zero-order chi connectivity index (χ0) is 12.2. The fourth-order valence-corrected chi connectivity index (χ4v) is 2.06. The van der Waals surface area contributed by atoms with E-state index >= 15 is 0 Å². The number of fused-ring (bicyclic) bond motifs is 3. The maximum Gasteiger partial charge on any atom is 0.301 e. The molecule has 3 rings (SSSR count). The minimum absolute atomic E-state index is 0.0295. The Bertz CT molecular complexity index is 519. The van der Waals surface area contributed by atoms with Crippen LogP contribution in [0.3, 0.4) is 0 Å². The Morgan fingerprint density at radius 1 is 1.59 bits per heavy atom. The molecule has 2 aliphatic heterocycles. The number of hydrogen-bond donors (Lipinski definition) is 3. The van der Waals surface area contributed by atoms with Gasteiger partial charge in [0.05, 0.1) is 12.8 Å². The zero-order valence-electron chi connectivity index (χ0n) is 8.58. The van der Waals surface area contributed by atoms with E-state index < -0.39 is 35.8 Å². The van der Waals surface area contributed by atoms with E-state index in [1.807, 2.05) is 0 Å². The molecule has 0 saturated carbocycles. The van der Waals surface area contributed by atoms with E-state index in [0.717, 1.165) is 6.20 Å². The minimum Gasteiger partial charge on any atom is -0.454 e. The van der Waals surface area contributed by atoms with Crippen molar-refractivity contribution >= 4 is 0 Å². The summed E-state index contributed by atoms with van der Waals surface area (Å²) in [5, 5.41) is 25.9. The van der Waals surface area contributed by atoms with Gasteiger partial charge >= 0.3 is 6.01 Å². The third kappa shape index (κ3) is 1.38. The van der Waals surface area contributed by atoms with Crippen molar-refractivity contribution in [3.8, 4) is 6.01 Å². The van der Waals surface area contributed by atoms with Gasteiger partial charge in [-0.3, -0.25) is 9.98 Å². The maximum absolute atomic E-state index is 13.2. The minimum atomic E-state index is -1.01. The van der Waals surface area contributed by atoms with E-state index in [2.05, 4.69) is 4.98 Å². The summed E-state index contributed by atoms with van der Waals surface area (Å²) in [6.45, 7) is -0.347. The van der Waals surface area contributed by atoms with Crippen molar-refractivity contribution in [2.24, 2.45) is 0 Å². The van der Waals surface area contributed by atoms with E-state index in [1.165, 1.54) is 4.57 Å². The molecular formula is C9H10FN3O4. The number of nitrogens with one attached hydrogen (secondary N) is 1. The van der Waals surface area contributed by atoms with Crippen molar-refractivity contribution in [1.82, 2.24) is 9.55 Å². The number of aliphatic hydroxyl groups is 2. The van der Waals surface area contributed by atoms with Gasteiger partial charge in [-0.25, -0.2) is 4.39 Å². The summed E-state index contributed by atoms with van der Waals surface area (Å²) in [5.41, 5.74) is -0.524. The third-order valence-corrected chi connectivity index (χ3v) is 2.92. The molecule has 0 unspecified atom stereocenters. The average molecular weight is 243 g/mol. The van der Waals surface area contributed by atoms with Crippen LogP contribution in [0.5, 0.6) is 6.01 Å². The SMILES string of the molecule is N=c1nc2n(cc1F)[C@@H]1O[C@H](CO)[C@@H](O)[C@H]1O2. The van der Waals surface area contributed by atoms with Crippen LogP contribution in [0.2, 0.25) is 0 Å². The molecule has 0 bridgehead atoms. The first kappa shape index (κ1) is 10.6. The molecule has 1 aromatic rings. The number of ether oxygens (including phenoxy) is 2. The Morgan fingerprint density at radius 3 is 3.06 bits per heavy atom. The number of nitrogens with zero attached hydrogens (tertiary/aromatic N) is 2. The molecule has 0 amide bonds. The van der Waals surface area contributed by atoms with Crippen molar-refractivity contribution in [1.29, 1.82) is 5.41 Å². The molecule has 0 spiro atoms. The largest absolute Gasteiger partial charge is 0.454 e. The van der Waals surface area contributed by atoms with Crippen LogP contribution in [0.4, 0.5) is 4.39 Å². The highest BCUT2D eigenvalue weighted by atomic mass is 19.1. The average Bonchev–Trinajstić information content (AvgIpc) is 2.78. The molecular weight excluding hydrogens is 233 g/mol. The molecule has 4 atom stereocenters. The van der Waals surface area contributed by atoms with Gasteiger partial charge < -0.3 is 19.7 Å². The summed E-state index contributed by atoms with van der Waals surface area (Å²) in [7, 11) is 0. The molecule has 0 aromatic carbocycles. The molecule has 3 N–H and O–H groups in total. The van der Waals surface area contributed by atoms with Crippen LogP contribution in [0.1, 0.15) is 6.23 Å². The standard InChI is InChI=1S/C9H10FN3O4/c10-3-1-13-8-6(5(15)4(2-14)16-8)17-9(13)12-7(3)11/h1,4-6,8,11,14-15H,2H2/t4-,5-,6-,8-/m1/s1. The van der Waals surface area contributed by atoms with Gasteiger partial charge in [-0.15, -0.1) is 0 Å². The second kappa shape index (κ2) is 3.49. The molecule has 7 nitrogen and oxygen atoms in total. The van der Waals surface area contributed by atoms with Crippen LogP contribution in [-0.4, -0.2) is 44.7 Å². The smallest absolute Gasteiger partial charge is 0.301 e. The highest BCUT2D eigenvalue weighted by Crippen LogP contribution is 2.38. The summed E-state index contributed by atoms with van der Waals surface area (Å²) in [4.78, 5) is 3.60. The van der Waals surface area contributed by atoms with Crippen LogP contribution < -0.4 is 10.2 Å². The lowest BCUT2D eigenvalue weighted by Crippen LogP contribution is -2.34. The van der Waals surface area contributed by atoms with Crippen molar-refractivity contribution < 1.29 is 24.1 Å². The van der Waals surface area contributed by atoms with E-state index in [4.69, 9.17) is 20.0 Å². The van der Waals surface area contributed by atoms with Gasteiger partial charge in [0.2, 0.25) is 0 Å². The Kier molecular flexibility index (Phi) is 2.18. The molecule has 0 aliphatic carbocycles. The number of aliphatic hydroxyl groups excluding tert-OH is 2. The summed E-state index contributed by atoms with van der Waals surface area (Å²) >= 11 is 0. The first-order valence-electron chi connectivity index (χ1n) is 5.06. The van der Waals surface area contributed by atoms with Gasteiger partial charge in [-0.05, 0) is 0 Å². The molecule has 1 saturated heterocycles. The van der Waals surface area contributed by atoms with E-state index in [-0.39, 0.29) is 12.6 Å². The van der Waals surface area contributed by atoms with Gasteiger partial charge in [-0.1, -0.05) is 0 Å². The lowest BCUT2D eigenvalue weighted by Gasteiger charge is -2.14. The molecule has 92 valence electrons. The second-order valence-electron chi connectivity index (χ2n) is 3.95. The second-order valence-corrected chi connectivity index (χ2v) is 3.95. The van der Waals surface area contributed by atoms with Gasteiger partial charge in [0.15, 0.2) is 23.6 Å². The number of hydrogen-bond acceptors (Lipinski definition) is 6. The topological polar surface area (TPSA) is 101 Å². The van der Waals surface area contributed by atoms with Crippen LogP contribution in [0, 0.1) is 11.2 Å². The fourth-order valence-electron chi connectivity index (χ4n) is 2.06. The lowest BCUT2D eigenvalue weighted by molar-refractivity contribution is -0.0437. The first-order chi connectivity index (χ1) is 8.11. The van der Waals surface area contributed by atoms with Crippen LogP contribution >= 0.6 is 0 Å². The molecule has 0 radical (unpaired) electrons. The highest BCUT2D eigenvalue weighted by Gasteiger charge is 2.51. The molecule has 1 aromatic heterocycles. The number of aromatic nitrogens is 2. The lowest BCUT2D eigenvalue weighted by atomic mass is 10.1. The quantitative estimate of drug-likeness (QED) is 0.558. The maximum atomic E-state index is 13.2. The highest BCUT2D eigenvalue weighted by molar-refractivity contribution is 5.11. The summed E-state index contributed by atoms with van der Waals surface area (Å²) in [6.07, 6.45) is -2.18. The molecule has 3 heterocycles. The fraction of sp³-hybridized carbons (Fsp3) is 0.556. The van der Waals surface area contributed by atoms with Gasteiger partial charge in [-0.2, -0.15) is 4.98 Å². The monoisotopic (exact) mass is 243 g/mol. The van der Waals surface area contributed by atoms with Crippen molar-refractivity contribution in [2.75, 3.05) is 6.61 Å². The van der Waals surface area contributed by atoms with Gasteiger partial charge in [0, 0.05) is 0 Å². The van der Waals surface area contributed by atoms with Crippen LogP contribution in [0.15, 0.2) is 6.20 Å². The van der Waals surface area contributed by atoms with E-state index in [9.17, 15) is 9.50 Å². The van der Waals surface area contributed by atoms with Crippen LogP contribution in [0.25, 0.3) is 0 Å². The summed E-state index contributed by atoms with van der Waals surface area (Å²) in [6, 6.07) is 0.0295. The van der Waals surface area contributed by atoms with Crippen molar-refractivity contribution in [2.45, 2.75) is 24.5 Å². The Hall–Kier alpha value is -1.51. The number of halogens is 1. The number of rotatable bonds is 1. The predicted octanol–water partition coefficient (Wildman–Crippen LogP) is -1.49. The van der Waals surface area contributed by atoms with Crippen molar-refractivity contribution in [3.63, 3.8) is 0 Å². The van der Waals surface area contributed by atoms with Gasteiger partial charge in [0.1, 0.15) is 12.2 Å². The van der Waals surface area contributed by atoms with Crippen LogP contribution in [-0.2, 0) is 4.74 Å². The van der Waals surface area contributed by atoms with E-state index in [1.54, 1.807) is 0 Å². The van der Waals surface area contributed by atoms with Crippen molar-refractivity contribution in [3.05, 3.63) is 17.5 Å². The molecule has 1 fully saturated rings. The Balaban J connectivity index is 2.02. The Labute approximate surface area is 94.6 Å². The third-order valence-electron chi connectivity index (χ3n) is 2.92. The molecule has 8 heteroatoms. The predicted molar refractivity (Wildman–Crippen MR) is 49.5 cm³/mol. The summed E-state index contributed by atoms with van der Waals surface area (Å²) < 4.78 is 25.1. The normalized spacial score (nSPS) is 34.3. The Morgan fingerprint density at radius 2 is 2.35 bits per heavy atom. The first-order valence-corrected chi connectivity index (χ1v) is 5.06. The zero-order valence-corrected chi connectivity index (χ0v) is 8.58. The summed E-state index contributed by atoms with van der Waals surface area (Å²) in [5.74, 6) is -0.802. The van der Waals surface area contributed by atoms with Gasteiger partial charge in [0.25, 0.3) is 0 Å². The molecule has 17 heavy (non-hydrogen) atoms.